The summed E-state index contributed by atoms with van der Waals surface area (Å²) in [4.78, 5) is 24.2. The van der Waals surface area contributed by atoms with Crippen LogP contribution in [-0.4, -0.2) is 37.6 Å². The molecule has 0 saturated carbocycles. The van der Waals surface area contributed by atoms with Crippen LogP contribution in [0.4, 0.5) is 5.00 Å². The second kappa shape index (κ2) is 7.97. The zero-order chi connectivity index (χ0) is 19.6. The summed E-state index contributed by atoms with van der Waals surface area (Å²) in [7, 11) is -3.73. The van der Waals surface area contributed by atoms with Gasteiger partial charge in [0.15, 0.2) is 0 Å². The highest BCUT2D eigenvalue weighted by Crippen LogP contribution is 2.34. The number of sulfonamides is 1. The van der Waals surface area contributed by atoms with Crippen molar-refractivity contribution in [2.24, 2.45) is 5.73 Å². The normalized spacial score (nSPS) is 15.4. The van der Waals surface area contributed by atoms with Gasteiger partial charge in [-0.25, -0.2) is 8.42 Å². The van der Waals surface area contributed by atoms with Gasteiger partial charge in [-0.3, -0.25) is 9.59 Å². The van der Waals surface area contributed by atoms with Crippen LogP contribution < -0.4 is 11.1 Å². The highest BCUT2D eigenvalue weighted by atomic mass is 35.5. The first kappa shape index (κ1) is 19.8. The van der Waals surface area contributed by atoms with Crippen molar-refractivity contribution in [3.63, 3.8) is 0 Å². The van der Waals surface area contributed by atoms with Gasteiger partial charge in [-0.1, -0.05) is 18.0 Å². The number of primary amides is 1. The summed E-state index contributed by atoms with van der Waals surface area (Å²) >= 11 is 6.63. The molecule has 1 aliphatic heterocycles. The van der Waals surface area contributed by atoms with Gasteiger partial charge in [0.1, 0.15) is 9.21 Å². The fraction of sp³-hybridized carbons (Fsp3) is 0.294. The molecule has 2 heterocycles. The maximum atomic E-state index is 12.8. The number of thiophene rings is 1. The van der Waals surface area contributed by atoms with Gasteiger partial charge in [0.2, 0.25) is 0 Å². The quantitative estimate of drug-likeness (QED) is 0.764. The van der Waals surface area contributed by atoms with Crippen molar-refractivity contribution >= 4 is 49.8 Å². The molecule has 3 rings (SSSR count). The lowest BCUT2D eigenvalue weighted by molar-refractivity contribution is 0.100. The second-order valence-corrected chi connectivity index (χ2v) is 9.75. The van der Waals surface area contributed by atoms with E-state index in [9.17, 15) is 18.0 Å². The van der Waals surface area contributed by atoms with Crippen LogP contribution in [0.3, 0.4) is 0 Å². The Morgan fingerprint density at radius 1 is 1.11 bits per heavy atom. The van der Waals surface area contributed by atoms with Crippen LogP contribution in [0.15, 0.2) is 34.5 Å². The van der Waals surface area contributed by atoms with E-state index >= 15 is 0 Å². The topological polar surface area (TPSA) is 110 Å². The molecule has 10 heteroatoms. The van der Waals surface area contributed by atoms with E-state index < -0.39 is 21.8 Å². The molecule has 0 aliphatic carbocycles. The molecule has 1 fully saturated rings. The largest absolute Gasteiger partial charge is 0.366 e. The van der Waals surface area contributed by atoms with Crippen molar-refractivity contribution in [2.75, 3.05) is 18.4 Å². The number of nitrogens with two attached hydrogens (primary N) is 1. The Labute approximate surface area is 166 Å². The minimum absolute atomic E-state index is 0.00962. The Kier molecular flexibility index (Phi) is 5.85. The zero-order valence-corrected chi connectivity index (χ0v) is 16.7. The standard InChI is InChI=1S/C17H18ClN3O4S2/c18-12-6-4-11(5-7-12)16(23)20-17-13(15(19)22)10-14(26-17)27(24,25)21-8-2-1-3-9-21/h4-7,10H,1-3,8-9H2,(H2,19,22)(H,20,23). The molecule has 1 aromatic carbocycles. The van der Waals surface area contributed by atoms with Gasteiger partial charge >= 0.3 is 0 Å². The van der Waals surface area contributed by atoms with E-state index in [1.54, 1.807) is 12.1 Å². The molecule has 1 saturated heterocycles. The third-order valence-corrected chi connectivity index (χ3v) is 7.87. The van der Waals surface area contributed by atoms with Crippen molar-refractivity contribution in [2.45, 2.75) is 23.5 Å². The summed E-state index contributed by atoms with van der Waals surface area (Å²) in [5.41, 5.74) is 5.67. The maximum Gasteiger partial charge on any atom is 0.256 e. The Bertz CT molecular complexity index is 965. The summed E-state index contributed by atoms with van der Waals surface area (Å²) in [6, 6.07) is 7.41. The number of anilines is 1. The molecular weight excluding hydrogens is 410 g/mol. The predicted octanol–water partition coefficient (Wildman–Crippen LogP) is 2.93. The van der Waals surface area contributed by atoms with Crippen LogP contribution in [0.2, 0.25) is 5.02 Å². The monoisotopic (exact) mass is 427 g/mol. The molecule has 1 aliphatic rings. The lowest BCUT2D eigenvalue weighted by Gasteiger charge is -2.25. The molecule has 3 N–H and O–H groups in total. The summed E-state index contributed by atoms with van der Waals surface area (Å²) in [5, 5.41) is 3.17. The first-order chi connectivity index (χ1) is 12.8. The summed E-state index contributed by atoms with van der Waals surface area (Å²) in [6.45, 7) is 0.886. The third kappa shape index (κ3) is 4.32. The average molecular weight is 428 g/mol. The fourth-order valence-electron chi connectivity index (χ4n) is 2.78. The Morgan fingerprint density at radius 2 is 1.74 bits per heavy atom. The number of nitrogens with zero attached hydrogens (tertiary/aromatic N) is 1. The Morgan fingerprint density at radius 3 is 2.33 bits per heavy atom. The van der Waals surface area contributed by atoms with E-state index in [0.717, 1.165) is 30.6 Å². The molecule has 0 unspecified atom stereocenters. The second-order valence-electron chi connectivity index (χ2n) is 6.10. The molecule has 0 spiro atoms. The van der Waals surface area contributed by atoms with Crippen LogP contribution in [-0.2, 0) is 10.0 Å². The minimum Gasteiger partial charge on any atom is -0.366 e. The lowest BCUT2D eigenvalue weighted by atomic mass is 10.2. The molecular formula is C17H18ClN3O4S2. The molecule has 144 valence electrons. The van der Waals surface area contributed by atoms with E-state index in [4.69, 9.17) is 17.3 Å². The van der Waals surface area contributed by atoms with Crippen LogP contribution in [0.1, 0.15) is 40.0 Å². The van der Waals surface area contributed by atoms with Crippen molar-refractivity contribution in [3.8, 4) is 0 Å². The van der Waals surface area contributed by atoms with Gasteiger partial charge in [0.05, 0.1) is 5.56 Å². The minimum atomic E-state index is -3.73. The molecule has 7 nitrogen and oxygen atoms in total. The molecule has 0 radical (unpaired) electrons. The van der Waals surface area contributed by atoms with E-state index in [1.165, 1.54) is 22.5 Å². The number of rotatable bonds is 5. The van der Waals surface area contributed by atoms with E-state index in [-0.39, 0.29) is 14.8 Å². The number of amides is 2. The first-order valence-corrected chi connectivity index (χ1v) is 10.9. The van der Waals surface area contributed by atoms with E-state index in [0.29, 0.717) is 23.7 Å². The first-order valence-electron chi connectivity index (χ1n) is 8.30. The molecule has 2 aromatic rings. The third-order valence-electron chi connectivity index (χ3n) is 4.22. The SMILES string of the molecule is NC(=O)c1cc(S(=O)(=O)N2CCCCC2)sc1NC(=O)c1ccc(Cl)cc1. The van der Waals surface area contributed by atoms with Crippen molar-refractivity contribution < 1.29 is 18.0 Å². The van der Waals surface area contributed by atoms with Gasteiger partial charge in [0.25, 0.3) is 21.8 Å². The van der Waals surface area contributed by atoms with Crippen LogP contribution in [0, 0.1) is 0 Å². The van der Waals surface area contributed by atoms with Crippen LogP contribution >= 0.6 is 22.9 Å². The number of carbonyl (C=O) groups excluding carboxylic acids is 2. The smallest absolute Gasteiger partial charge is 0.256 e. The van der Waals surface area contributed by atoms with Crippen LogP contribution in [0.25, 0.3) is 0 Å². The number of halogens is 1. The number of hydrogen-bond acceptors (Lipinski definition) is 5. The number of piperidine rings is 1. The average Bonchev–Trinajstić information content (AvgIpc) is 3.08. The highest BCUT2D eigenvalue weighted by molar-refractivity contribution is 7.91. The fourth-order valence-corrected chi connectivity index (χ4v) is 5.95. The van der Waals surface area contributed by atoms with E-state index in [2.05, 4.69) is 5.32 Å². The number of hydrogen-bond donors (Lipinski definition) is 2. The molecule has 27 heavy (non-hydrogen) atoms. The highest BCUT2D eigenvalue weighted by Gasteiger charge is 2.30. The molecule has 1 aromatic heterocycles. The summed E-state index contributed by atoms with van der Waals surface area (Å²) in [5.74, 6) is -1.30. The summed E-state index contributed by atoms with van der Waals surface area (Å²) < 4.78 is 27.0. The maximum absolute atomic E-state index is 12.8. The summed E-state index contributed by atoms with van der Waals surface area (Å²) in [6.07, 6.45) is 2.59. The zero-order valence-electron chi connectivity index (χ0n) is 14.3. The van der Waals surface area contributed by atoms with Gasteiger partial charge in [-0.2, -0.15) is 4.31 Å². The number of nitrogens with one attached hydrogen (secondary N) is 1. The molecule has 2 amide bonds. The number of carbonyl (C=O) groups is 2. The van der Waals surface area contributed by atoms with Gasteiger partial charge in [-0.05, 0) is 43.2 Å². The predicted molar refractivity (Wildman–Crippen MR) is 105 cm³/mol. The van der Waals surface area contributed by atoms with Crippen molar-refractivity contribution in [1.29, 1.82) is 0 Å². The van der Waals surface area contributed by atoms with Crippen molar-refractivity contribution in [3.05, 3.63) is 46.5 Å². The Balaban J connectivity index is 1.90. The number of benzene rings is 1. The Hall–Kier alpha value is -1.94. The molecule has 0 atom stereocenters. The van der Waals surface area contributed by atoms with Crippen LogP contribution in [0.5, 0.6) is 0 Å². The lowest BCUT2D eigenvalue weighted by Crippen LogP contribution is -2.35. The van der Waals surface area contributed by atoms with Gasteiger partial charge in [-0.15, -0.1) is 11.3 Å². The van der Waals surface area contributed by atoms with Gasteiger partial charge < -0.3 is 11.1 Å². The van der Waals surface area contributed by atoms with E-state index in [1.807, 2.05) is 0 Å². The van der Waals surface area contributed by atoms with Gasteiger partial charge in [0, 0.05) is 23.7 Å². The van der Waals surface area contributed by atoms with Crippen molar-refractivity contribution in [1.82, 2.24) is 4.31 Å². The molecule has 0 bridgehead atoms.